The molecule has 0 spiro atoms. The Bertz CT molecular complexity index is 195. The highest BCUT2D eigenvalue weighted by Gasteiger charge is 2.26. The van der Waals surface area contributed by atoms with Crippen LogP contribution in [0.2, 0.25) is 0 Å². The van der Waals surface area contributed by atoms with Crippen LogP contribution in [0.15, 0.2) is 0 Å². The molecule has 1 atom stereocenters. The first kappa shape index (κ1) is 9.79. The zero-order chi connectivity index (χ0) is 9.84. The number of rotatable bonds is 1. The molecule has 6 heteroatoms. The third-order valence-corrected chi connectivity index (χ3v) is 1.82. The maximum Gasteiger partial charge on any atom is 0.407 e. The van der Waals surface area contributed by atoms with Gasteiger partial charge in [-0.05, 0) is 6.42 Å². The number of carboxylic acids is 1. The molecule has 74 valence electrons. The highest BCUT2D eigenvalue weighted by atomic mass is 16.5. The molecule has 13 heavy (non-hydrogen) atoms. The van der Waals surface area contributed by atoms with Crippen LogP contribution >= 0.6 is 0 Å². The van der Waals surface area contributed by atoms with Crippen LogP contribution in [0.3, 0.4) is 0 Å². The summed E-state index contributed by atoms with van der Waals surface area (Å²) in [5.74, 6) is -1.12. The summed E-state index contributed by atoms with van der Waals surface area (Å²) in [5.41, 5.74) is 0. The number of carbonyl (C=O) groups is 2. The van der Waals surface area contributed by atoms with Gasteiger partial charge in [0.2, 0.25) is 0 Å². The highest BCUT2D eigenvalue weighted by Crippen LogP contribution is 2.05. The van der Waals surface area contributed by atoms with Gasteiger partial charge in [-0.1, -0.05) is 0 Å². The first-order valence-electron chi connectivity index (χ1n) is 3.93. The van der Waals surface area contributed by atoms with Crippen LogP contribution in [-0.4, -0.2) is 53.0 Å². The van der Waals surface area contributed by atoms with Crippen molar-refractivity contribution in [3.63, 3.8) is 0 Å². The summed E-state index contributed by atoms with van der Waals surface area (Å²) in [7, 11) is 0. The smallest absolute Gasteiger partial charge is 0.407 e. The Hall–Kier alpha value is -1.30. The van der Waals surface area contributed by atoms with Crippen molar-refractivity contribution in [3.05, 3.63) is 0 Å². The quantitative estimate of drug-likeness (QED) is 0.598. The summed E-state index contributed by atoms with van der Waals surface area (Å²) in [4.78, 5) is 22.1. The van der Waals surface area contributed by atoms with E-state index < -0.39 is 18.2 Å². The molecule has 6 nitrogen and oxygen atoms in total. The largest absolute Gasteiger partial charge is 0.479 e. The second-order valence-electron chi connectivity index (χ2n) is 2.78. The molecule has 0 aromatic carbocycles. The predicted octanol–water partition coefficient (Wildman–Crippen LogP) is -0.160. The number of hydrogen-bond acceptors (Lipinski definition) is 3. The number of amides is 1. The van der Waals surface area contributed by atoms with Crippen LogP contribution in [0, 0.1) is 0 Å². The number of ether oxygens (including phenoxy) is 1. The molecule has 0 saturated carbocycles. The monoisotopic (exact) mass is 189 g/mol. The van der Waals surface area contributed by atoms with Gasteiger partial charge in [0, 0.05) is 13.2 Å². The Morgan fingerprint density at radius 3 is 2.62 bits per heavy atom. The first-order valence-corrected chi connectivity index (χ1v) is 3.93. The number of nitrogens with zero attached hydrogens (tertiary/aromatic N) is 1. The van der Waals surface area contributed by atoms with Crippen molar-refractivity contribution in [2.24, 2.45) is 0 Å². The van der Waals surface area contributed by atoms with Crippen LogP contribution in [0.4, 0.5) is 4.79 Å². The highest BCUT2D eigenvalue weighted by molar-refractivity contribution is 5.74. The van der Waals surface area contributed by atoms with Gasteiger partial charge in [-0.3, -0.25) is 0 Å². The summed E-state index contributed by atoms with van der Waals surface area (Å²) >= 11 is 0. The molecular formula is C7H11NO5. The molecule has 0 aromatic rings. The second-order valence-corrected chi connectivity index (χ2v) is 2.78. The molecule has 0 bridgehead atoms. The molecule has 1 amide bonds. The molecule has 0 aromatic heterocycles. The van der Waals surface area contributed by atoms with E-state index in [1.54, 1.807) is 0 Å². The minimum absolute atomic E-state index is 0.0926. The van der Waals surface area contributed by atoms with Crippen LogP contribution in [0.1, 0.15) is 6.42 Å². The molecule has 0 radical (unpaired) electrons. The van der Waals surface area contributed by atoms with E-state index in [0.717, 1.165) is 4.90 Å². The summed E-state index contributed by atoms with van der Waals surface area (Å²) in [6.07, 6.45) is -1.59. The molecule has 1 saturated heterocycles. The predicted molar refractivity (Wildman–Crippen MR) is 41.6 cm³/mol. The zero-order valence-electron chi connectivity index (χ0n) is 6.97. The van der Waals surface area contributed by atoms with E-state index in [2.05, 4.69) is 0 Å². The van der Waals surface area contributed by atoms with E-state index in [4.69, 9.17) is 14.9 Å². The molecule has 1 aliphatic heterocycles. The van der Waals surface area contributed by atoms with Gasteiger partial charge in [0.15, 0.2) is 6.10 Å². The van der Waals surface area contributed by atoms with Crippen molar-refractivity contribution < 1.29 is 24.5 Å². The van der Waals surface area contributed by atoms with Gasteiger partial charge in [0.05, 0.1) is 6.54 Å². The molecule has 1 heterocycles. The Morgan fingerprint density at radius 2 is 2.08 bits per heavy atom. The molecule has 1 aliphatic rings. The summed E-state index contributed by atoms with van der Waals surface area (Å²) in [5, 5.41) is 17.3. The minimum atomic E-state index is -1.12. The molecule has 1 fully saturated rings. The SMILES string of the molecule is O=C(O)C1CN(C(=O)O)CCCO1. The first-order chi connectivity index (χ1) is 6.11. The van der Waals surface area contributed by atoms with E-state index in [1.807, 2.05) is 0 Å². The van der Waals surface area contributed by atoms with Crippen molar-refractivity contribution >= 4 is 12.1 Å². The van der Waals surface area contributed by atoms with Crippen molar-refractivity contribution in [1.82, 2.24) is 4.90 Å². The number of carboxylic acid groups (broad SMARTS) is 2. The van der Waals surface area contributed by atoms with Gasteiger partial charge >= 0.3 is 12.1 Å². The fourth-order valence-electron chi connectivity index (χ4n) is 1.15. The van der Waals surface area contributed by atoms with Crippen molar-refractivity contribution in [1.29, 1.82) is 0 Å². The Kier molecular flexibility index (Phi) is 3.07. The second kappa shape index (κ2) is 4.08. The summed E-state index contributed by atoms with van der Waals surface area (Å²) in [6.45, 7) is 0.532. The van der Waals surface area contributed by atoms with E-state index >= 15 is 0 Å². The topological polar surface area (TPSA) is 87.1 Å². The summed E-state index contributed by atoms with van der Waals surface area (Å²) < 4.78 is 4.94. The van der Waals surface area contributed by atoms with Crippen molar-refractivity contribution in [2.75, 3.05) is 19.7 Å². The molecule has 0 aliphatic carbocycles. The van der Waals surface area contributed by atoms with Gasteiger partial charge in [0.1, 0.15) is 0 Å². The van der Waals surface area contributed by atoms with E-state index in [0.29, 0.717) is 19.6 Å². The van der Waals surface area contributed by atoms with Crippen LogP contribution < -0.4 is 0 Å². The van der Waals surface area contributed by atoms with Gasteiger partial charge in [-0.25, -0.2) is 9.59 Å². The molecule has 2 N–H and O–H groups in total. The molecule has 1 rings (SSSR count). The van der Waals surface area contributed by atoms with Gasteiger partial charge in [-0.2, -0.15) is 0 Å². The molecule has 1 unspecified atom stereocenters. The molecular weight excluding hydrogens is 178 g/mol. The van der Waals surface area contributed by atoms with Crippen molar-refractivity contribution in [3.8, 4) is 0 Å². The lowest BCUT2D eigenvalue weighted by Crippen LogP contribution is -2.39. The standard InChI is InChI=1S/C7H11NO5/c9-6(10)5-4-8(7(11)12)2-1-3-13-5/h5H,1-4H2,(H,9,10)(H,11,12). The van der Waals surface area contributed by atoms with Crippen LogP contribution in [0.5, 0.6) is 0 Å². The van der Waals surface area contributed by atoms with E-state index in [9.17, 15) is 9.59 Å². The lowest BCUT2D eigenvalue weighted by Gasteiger charge is -2.17. The maximum atomic E-state index is 10.6. The average Bonchev–Trinajstić information content (AvgIpc) is 2.28. The van der Waals surface area contributed by atoms with Gasteiger partial charge < -0.3 is 19.8 Å². The van der Waals surface area contributed by atoms with Crippen LogP contribution in [-0.2, 0) is 9.53 Å². The van der Waals surface area contributed by atoms with E-state index in [1.165, 1.54) is 0 Å². The normalized spacial score (nSPS) is 23.7. The fraction of sp³-hybridized carbons (Fsp3) is 0.714. The Morgan fingerprint density at radius 1 is 1.38 bits per heavy atom. The van der Waals surface area contributed by atoms with Gasteiger partial charge in [0.25, 0.3) is 0 Å². The number of hydrogen-bond donors (Lipinski definition) is 2. The summed E-state index contributed by atoms with van der Waals surface area (Å²) in [6, 6.07) is 0. The average molecular weight is 189 g/mol. The third-order valence-electron chi connectivity index (χ3n) is 1.82. The van der Waals surface area contributed by atoms with E-state index in [-0.39, 0.29) is 6.54 Å². The van der Waals surface area contributed by atoms with Crippen molar-refractivity contribution in [2.45, 2.75) is 12.5 Å². The third kappa shape index (κ3) is 2.59. The zero-order valence-corrected chi connectivity index (χ0v) is 6.97. The number of aliphatic carboxylic acids is 1. The minimum Gasteiger partial charge on any atom is -0.479 e. The fourth-order valence-corrected chi connectivity index (χ4v) is 1.15. The van der Waals surface area contributed by atoms with Gasteiger partial charge in [-0.15, -0.1) is 0 Å². The Labute approximate surface area is 74.7 Å². The Balaban J connectivity index is 2.59. The lowest BCUT2D eigenvalue weighted by molar-refractivity contribution is -0.150. The lowest BCUT2D eigenvalue weighted by atomic mass is 10.3. The maximum absolute atomic E-state index is 10.6. The van der Waals surface area contributed by atoms with Crippen LogP contribution in [0.25, 0.3) is 0 Å².